The molecule has 4 aromatic carbocycles. The van der Waals surface area contributed by atoms with Crippen molar-refractivity contribution in [3.05, 3.63) is 121 Å². The summed E-state index contributed by atoms with van der Waals surface area (Å²) in [7, 11) is -9.71. The van der Waals surface area contributed by atoms with Crippen molar-refractivity contribution in [2.45, 2.75) is 155 Å². The molecule has 0 bridgehead atoms. The van der Waals surface area contributed by atoms with Gasteiger partial charge in [-0.1, -0.05) is 204 Å². The van der Waals surface area contributed by atoms with Crippen molar-refractivity contribution in [3.63, 3.8) is 0 Å². The van der Waals surface area contributed by atoms with Crippen molar-refractivity contribution in [2.75, 3.05) is 26.4 Å². The van der Waals surface area contributed by atoms with Gasteiger partial charge in [0.15, 0.2) is 16.6 Å². The van der Waals surface area contributed by atoms with Crippen LogP contribution in [0.2, 0.25) is 46.3 Å². The average Bonchev–Trinajstić information content (AvgIpc) is 3.18. The highest BCUT2D eigenvalue weighted by molar-refractivity contribution is 7.00. The van der Waals surface area contributed by atoms with Gasteiger partial charge < -0.3 is 17.7 Å². The predicted molar refractivity (Wildman–Crippen MR) is 274 cm³/mol. The third kappa shape index (κ3) is 12.0. The first-order valence-electron chi connectivity index (χ1n) is 23.0. The van der Waals surface area contributed by atoms with Crippen LogP contribution in [0.15, 0.2) is 121 Å². The van der Waals surface area contributed by atoms with E-state index in [1.54, 1.807) is 0 Å². The summed E-state index contributed by atoms with van der Waals surface area (Å²) in [6, 6.07) is 44.5. The van der Waals surface area contributed by atoms with Crippen molar-refractivity contribution in [3.8, 4) is 0 Å². The number of rotatable bonds is 20. The number of benzene rings is 4. The minimum absolute atomic E-state index is 0.143. The largest absolute Gasteiger partial charge is 0.417 e. The summed E-state index contributed by atoms with van der Waals surface area (Å²) in [5.41, 5.74) is -0.326. The SMILES string of the molecule is CC(C)(C)[Si](C)(C)OCCCC(CCCO[Si](C)(C)C(C)(C)C)(CO[Si](c1ccccc1)(c1ccccc1)C(C)(C)C)CO[Si](c1ccccc1)(c1ccccc1)C(C)(C)C. The fourth-order valence-corrected chi connectivity index (χ4v) is 20.0. The summed E-state index contributed by atoms with van der Waals surface area (Å²) in [6.07, 6.45) is 3.73. The quantitative estimate of drug-likeness (QED) is 0.0654. The van der Waals surface area contributed by atoms with Gasteiger partial charge in [-0.2, -0.15) is 0 Å². The normalized spacial score (nSPS) is 14.0. The van der Waals surface area contributed by atoms with E-state index in [-0.39, 0.29) is 25.6 Å². The van der Waals surface area contributed by atoms with Gasteiger partial charge in [-0.25, -0.2) is 0 Å². The Morgan fingerprint density at radius 2 is 0.590 bits per heavy atom. The van der Waals surface area contributed by atoms with Crippen LogP contribution in [0.25, 0.3) is 0 Å². The van der Waals surface area contributed by atoms with Crippen LogP contribution < -0.4 is 20.7 Å². The molecule has 0 heterocycles. The average molecular weight is 898 g/mol. The molecule has 0 spiro atoms. The molecule has 0 aromatic heterocycles. The highest BCUT2D eigenvalue weighted by Gasteiger charge is 2.54. The van der Waals surface area contributed by atoms with Gasteiger partial charge in [-0.15, -0.1) is 0 Å². The molecule has 0 aliphatic carbocycles. The van der Waals surface area contributed by atoms with E-state index in [4.69, 9.17) is 17.7 Å². The zero-order valence-corrected chi connectivity index (χ0v) is 45.3. The Balaban J connectivity index is 1.93. The minimum Gasteiger partial charge on any atom is -0.417 e. The summed E-state index contributed by atoms with van der Waals surface area (Å²) >= 11 is 0. The van der Waals surface area contributed by atoms with Gasteiger partial charge in [0.25, 0.3) is 16.6 Å². The molecule has 0 atom stereocenters. The number of hydrogen-bond donors (Lipinski definition) is 0. The van der Waals surface area contributed by atoms with E-state index in [0.717, 1.165) is 38.9 Å². The van der Waals surface area contributed by atoms with Crippen LogP contribution >= 0.6 is 0 Å². The molecule has 336 valence electrons. The highest BCUT2D eigenvalue weighted by Crippen LogP contribution is 2.44. The summed E-state index contributed by atoms with van der Waals surface area (Å²) in [6.45, 7) is 40.5. The molecule has 0 aliphatic heterocycles. The standard InChI is InChI=1S/C53H84O4Si4/c1-49(2,3)58(13,14)54-41-29-39-53(40-30-42-55-59(15,16)50(4,5)6,43-56-60(51(7,8)9,45-31-21-17-22-32-45)46-33-23-18-24-34-46)44-57-61(52(10,11)12,47-35-25-19-26-36-47)48-37-27-20-28-38-48/h17-28,31-38H,29-30,39-44H2,1-16H3. The molecule has 8 heteroatoms. The Bertz CT molecular complexity index is 1670. The van der Waals surface area contributed by atoms with Gasteiger partial charge >= 0.3 is 0 Å². The fraction of sp³-hybridized carbons (Fsp3) is 0.547. The summed E-state index contributed by atoms with van der Waals surface area (Å²) in [5.74, 6) is 0. The van der Waals surface area contributed by atoms with E-state index in [2.05, 4.69) is 231 Å². The van der Waals surface area contributed by atoms with Gasteiger partial charge in [-0.3, -0.25) is 0 Å². The summed E-state index contributed by atoms with van der Waals surface area (Å²) in [4.78, 5) is 0. The Hall–Kier alpha value is -2.41. The molecule has 0 radical (unpaired) electrons. The highest BCUT2D eigenvalue weighted by atomic mass is 28.4. The van der Waals surface area contributed by atoms with Crippen LogP contribution in [0.3, 0.4) is 0 Å². The molecule has 0 fully saturated rings. The first kappa shape index (κ1) is 51.2. The molecule has 4 rings (SSSR count). The van der Waals surface area contributed by atoms with Crippen LogP contribution in [0.1, 0.15) is 109 Å². The zero-order valence-electron chi connectivity index (χ0n) is 41.3. The number of hydrogen-bond acceptors (Lipinski definition) is 4. The first-order valence-corrected chi connectivity index (χ1v) is 32.7. The second-order valence-electron chi connectivity index (χ2n) is 22.8. The molecule has 61 heavy (non-hydrogen) atoms. The molecule has 0 unspecified atom stereocenters. The Labute approximate surface area is 378 Å². The molecule has 0 saturated heterocycles. The molecule has 4 nitrogen and oxygen atoms in total. The van der Waals surface area contributed by atoms with Crippen LogP contribution in [0, 0.1) is 5.41 Å². The van der Waals surface area contributed by atoms with E-state index in [0.29, 0.717) is 13.2 Å². The Morgan fingerprint density at radius 3 is 0.803 bits per heavy atom. The van der Waals surface area contributed by atoms with Gasteiger partial charge in [0.2, 0.25) is 0 Å². The van der Waals surface area contributed by atoms with E-state index in [9.17, 15) is 0 Å². The lowest BCUT2D eigenvalue weighted by Gasteiger charge is -2.48. The lowest BCUT2D eigenvalue weighted by Crippen LogP contribution is -2.68. The van der Waals surface area contributed by atoms with Crippen molar-refractivity contribution in [2.24, 2.45) is 5.41 Å². The third-order valence-corrected chi connectivity index (χ3v) is 33.3. The van der Waals surface area contributed by atoms with Gasteiger partial charge in [0.05, 0.1) is 0 Å². The first-order chi connectivity index (χ1) is 28.2. The summed E-state index contributed by atoms with van der Waals surface area (Å²) in [5, 5.41) is 5.19. The fourth-order valence-electron chi connectivity index (χ4n) is 8.48. The molecular formula is C53H84O4Si4. The van der Waals surface area contributed by atoms with Crippen LogP contribution in [0.5, 0.6) is 0 Å². The zero-order chi connectivity index (χ0) is 45.4. The topological polar surface area (TPSA) is 36.9 Å². The van der Waals surface area contributed by atoms with Crippen molar-refractivity contribution in [1.82, 2.24) is 0 Å². The van der Waals surface area contributed by atoms with Crippen LogP contribution in [-0.4, -0.2) is 59.7 Å². The van der Waals surface area contributed by atoms with Crippen LogP contribution in [-0.2, 0) is 17.7 Å². The van der Waals surface area contributed by atoms with Gasteiger partial charge in [0, 0.05) is 31.8 Å². The maximum absolute atomic E-state index is 8.01. The molecule has 4 aromatic rings. The van der Waals surface area contributed by atoms with Crippen LogP contribution in [0.4, 0.5) is 0 Å². The lowest BCUT2D eigenvalue weighted by atomic mass is 9.80. The molecule has 0 N–H and O–H groups in total. The van der Waals surface area contributed by atoms with E-state index >= 15 is 0 Å². The molecule has 0 saturated carbocycles. The lowest BCUT2D eigenvalue weighted by molar-refractivity contribution is 0.0421. The van der Waals surface area contributed by atoms with E-state index < -0.39 is 33.3 Å². The molecule has 0 amide bonds. The predicted octanol–water partition coefficient (Wildman–Crippen LogP) is 12.7. The van der Waals surface area contributed by atoms with E-state index in [1.807, 2.05) is 0 Å². The van der Waals surface area contributed by atoms with Gasteiger partial charge in [-0.05, 0) is 92.8 Å². The summed E-state index contributed by atoms with van der Waals surface area (Å²) < 4.78 is 29.9. The maximum Gasteiger partial charge on any atom is 0.261 e. The Kier molecular flexibility index (Phi) is 16.9. The molecule has 0 aliphatic rings. The van der Waals surface area contributed by atoms with E-state index in [1.165, 1.54) is 20.7 Å². The van der Waals surface area contributed by atoms with Crippen molar-refractivity contribution >= 4 is 54.0 Å². The van der Waals surface area contributed by atoms with Crippen molar-refractivity contribution in [1.29, 1.82) is 0 Å². The second kappa shape index (κ2) is 20.2. The monoisotopic (exact) mass is 897 g/mol. The maximum atomic E-state index is 8.01. The second-order valence-corrected chi connectivity index (χ2v) is 41.1. The smallest absolute Gasteiger partial charge is 0.261 e. The van der Waals surface area contributed by atoms with Gasteiger partial charge in [0.1, 0.15) is 0 Å². The Morgan fingerprint density at radius 1 is 0.344 bits per heavy atom. The molecular weight excluding hydrogens is 813 g/mol. The minimum atomic E-state index is -2.90. The van der Waals surface area contributed by atoms with Crippen molar-refractivity contribution < 1.29 is 17.7 Å². The third-order valence-electron chi connectivity index (χ3n) is 14.3.